The molecule has 0 aliphatic rings. The maximum absolute atomic E-state index is 5.05. The molecule has 37 heavy (non-hydrogen) atoms. The normalized spacial score (nSPS) is 11.0. The second-order valence-corrected chi connectivity index (χ2v) is 10.4. The highest BCUT2D eigenvalue weighted by molar-refractivity contribution is 9.10. The minimum absolute atomic E-state index is 0.871. The molecule has 0 bridgehead atoms. The molecule has 6 aromatic rings. The zero-order chi connectivity index (χ0) is 25.2. The van der Waals surface area contributed by atoms with E-state index >= 15 is 0 Å². The smallest absolute Gasteiger partial charge is 0.0973 e. The van der Waals surface area contributed by atoms with Gasteiger partial charge in [0.15, 0.2) is 0 Å². The summed E-state index contributed by atoms with van der Waals surface area (Å²) in [5, 5.41) is 0. The molecule has 0 N–H and O–H groups in total. The summed E-state index contributed by atoms with van der Waals surface area (Å²) in [4.78, 5) is 12.3. The lowest BCUT2D eigenvalue weighted by atomic mass is 10.0. The van der Waals surface area contributed by atoms with Gasteiger partial charge in [-0.3, -0.25) is 0 Å². The molecule has 0 fully saturated rings. The van der Waals surface area contributed by atoms with Gasteiger partial charge in [0.25, 0.3) is 0 Å². The summed E-state index contributed by atoms with van der Waals surface area (Å²) >= 11 is 7.11. The lowest BCUT2D eigenvalue weighted by Gasteiger charge is -2.26. The third-order valence-electron chi connectivity index (χ3n) is 6.19. The first kappa shape index (κ1) is 23.6. The van der Waals surface area contributed by atoms with Gasteiger partial charge in [-0.1, -0.05) is 86.5 Å². The molecule has 0 spiro atoms. The van der Waals surface area contributed by atoms with E-state index in [0.29, 0.717) is 0 Å². The molecule has 1 heterocycles. The van der Waals surface area contributed by atoms with Gasteiger partial charge >= 0.3 is 0 Å². The SMILES string of the molecule is Brc1ccc(N(c2ccc(Br)cc2)c2ccc(-c3nc4ccccc4nc3-c3ccccc3)cc2)cc1. The van der Waals surface area contributed by atoms with Crippen LogP contribution in [0.4, 0.5) is 17.1 Å². The van der Waals surface area contributed by atoms with Gasteiger partial charge in [-0.25, -0.2) is 9.97 Å². The van der Waals surface area contributed by atoms with Crippen molar-refractivity contribution in [1.29, 1.82) is 0 Å². The quantitative estimate of drug-likeness (QED) is 0.195. The van der Waals surface area contributed by atoms with Gasteiger partial charge in [-0.2, -0.15) is 0 Å². The number of hydrogen-bond donors (Lipinski definition) is 0. The van der Waals surface area contributed by atoms with Crippen LogP contribution in [0.1, 0.15) is 0 Å². The van der Waals surface area contributed by atoms with Crippen LogP contribution < -0.4 is 4.90 Å². The molecule has 0 aliphatic carbocycles. The van der Waals surface area contributed by atoms with Crippen LogP contribution in [0.2, 0.25) is 0 Å². The average molecular weight is 607 g/mol. The van der Waals surface area contributed by atoms with E-state index in [4.69, 9.17) is 9.97 Å². The zero-order valence-corrected chi connectivity index (χ0v) is 22.9. The molecular formula is C32H21Br2N3. The minimum Gasteiger partial charge on any atom is -0.311 e. The van der Waals surface area contributed by atoms with Gasteiger partial charge in [0, 0.05) is 37.1 Å². The molecule has 3 nitrogen and oxygen atoms in total. The highest BCUT2D eigenvalue weighted by Crippen LogP contribution is 2.38. The molecule has 6 rings (SSSR count). The van der Waals surface area contributed by atoms with Crippen molar-refractivity contribution in [1.82, 2.24) is 9.97 Å². The van der Waals surface area contributed by atoms with E-state index in [2.05, 4.69) is 122 Å². The Morgan fingerprint density at radius 2 is 0.784 bits per heavy atom. The predicted molar refractivity (Wildman–Crippen MR) is 160 cm³/mol. The maximum atomic E-state index is 5.05. The summed E-state index contributed by atoms with van der Waals surface area (Å²) in [5.41, 5.74) is 8.80. The molecule has 5 aromatic carbocycles. The van der Waals surface area contributed by atoms with E-state index in [-0.39, 0.29) is 0 Å². The number of fused-ring (bicyclic) bond motifs is 1. The summed E-state index contributed by atoms with van der Waals surface area (Å²) in [6.45, 7) is 0. The van der Waals surface area contributed by atoms with Gasteiger partial charge in [0.1, 0.15) is 0 Å². The third kappa shape index (κ3) is 4.93. The van der Waals surface area contributed by atoms with Crippen LogP contribution in [-0.2, 0) is 0 Å². The standard InChI is InChI=1S/C32H21Br2N3/c33-24-12-18-27(19-13-24)37(28-20-14-25(34)15-21-28)26-16-10-23(11-17-26)32-31(22-6-2-1-3-7-22)35-29-8-4-5-9-30(29)36-32/h1-21H. The molecule has 1 aromatic heterocycles. The van der Waals surface area contributed by atoms with Gasteiger partial charge in [-0.15, -0.1) is 0 Å². The molecule has 0 radical (unpaired) electrons. The fraction of sp³-hybridized carbons (Fsp3) is 0. The fourth-order valence-electron chi connectivity index (χ4n) is 4.39. The van der Waals surface area contributed by atoms with Crippen LogP contribution in [0.5, 0.6) is 0 Å². The highest BCUT2D eigenvalue weighted by atomic mass is 79.9. The van der Waals surface area contributed by atoms with E-state index < -0.39 is 0 Å². The summed E-state index contributed by atoms with van der Waals surface area (Å²) < 4.78 is 2.09. The Morgan fingerprint density at radius 3 is 1.24 bits per heavy atom. The van der Waals surface area contributed by atoms with E-state index in [1.54, 1.807) is 0 Å². The van der Waals surface area contributed by atoms with Crippen LogP contribution in [0.25, 0.3) is 33.5 Å². The largest absolute Gasteiger partial charge is 0.311 e. The zero-order valence-electron chi connectivity index (χ0n) is 19.7. The number of aromatic nitrogens is 2. The summed E-state index contributed by atoms with van der Waals surface area (Å²) in [7, 11) is 0. The van der Waals surface area contributed by atoms with Gasteiger partial charge in [0.2, 0.25) is 0 Å². The first-order valence-corrected chi connectivity index (χ1v) is 13.5. The molecule has 0 saturated heterocycles. The number of rotatable bonds is 5. The Morgan fingerprint density at radius 1 is 0.405 bits per heavy atom. The lowest BCUT2D eigenvalue weighted by molar-refractivity contribution is 1.27. The van der Waals surface area contributed by atoms with E-state index in [1.807, 2.05) is 42.5 Å². The van der Waals surface area contributed by atoms with Crippen molar-refractivity contribution in [2.75, 3.05) is 4.90 Å². The van der Waals surface area contributed by atoms with Gasteiger partial charge < -0.3 is 4.90 Å². The average Bonchev–Trinajstić information content (AvgIpc) is 2.95. The van der Waals surface area contributed by atoms with Gasteiger partial charge in [0.05, 0.1) is 22.4 Å². The summed E-state index contributed by atoms with van der Waals surface area (Å²) in [6.07, 6.45) is 0. The number of benzene rings is 5. The summed E-state index contributed by atoms with van der Waals surface area (Å²) in [6, 6.07) is 43.5. The number of hydrogen-bond acceptors (Lipinski definition) is 3. The Kier molecular flexibility index (Phi) is 6.56. The number of nitrogens with zero attached hydrogens (tertiary/aromatic N) is 3. The Labute approximate surface area is 232 Å². The third-order valence-corrected chi connectivity index (χ3v) is 7.24. The van der Waals surface area contributed by atoms with Crippen molar-refractivity contribution in [2.24, 2.45) is 0 Å². The van der Waals surface area contributed by atoms with Crippen LogP contribution in [0, 0.1) is 0 Å². The van der Waals surface area contributed by atoms with Crippen molar-refractivity contribution in [2.45, 2.75) is 0 Å². The van der Waals surface area contributed by atoms with Crippen LogP contribution >= 0.6 is 31.9 Å². The number of halogens is 2. The molecule has 0 unspecified atom stereocenters. The van der Waals surface area contributed by atoms with Crippen molar-refractivity contribution in [3.8, 4) is 22.5 Å². The first-order chi connectivity index (χ1) is 18.2. The van der Waals surface area contributed by atoms with Crippen LogP contribution in [0.3, 0.4) is 0 Å². The Bertz CT molecular complexity index is 1620. The second-order valence-electron chi connectivity index (χ2n) is 8.61. The molecule has 0 saturated carbocycles. The van der Waals surface area contributed by atoms with Crippen LogP contribution in [0.15, 0.2) is 136 Å². The second kappa shape index (κ2) is 10.3. The molecular weight excluding hydrogens is 586 g/mol. The Hall–Kier alpha value is -3.80. The molecule has 0 atom stereocenters. The molecule has 5 heteroatoms. The van der Waals surface area contributed by atoms with E-state index in [0.717, 1.165) is 59.6 Å². The number of anilines is 3. The van der Waals surface area contributed by atoms with E-state index in [9.17, 15) is 0 Å². The summed E-state index contributed by atoms with van der Waals surface area (Å²) in [5.74, 6) is 0. The maximum Gasteiger partial charge on any atom is 0.0973 e. The van der Waals surface area contributed by atoms with Crippen molar-refractivity contribution < 1.29 is 0 Å². The Balaban J connectivity index is 1.47. The van der Waals surface area contributed by atoms with Crippen LogP contribution in [-0.4, -0.2) is 9.97 Å². The highest BCUT2D eigenvalue weighted by Gasteiger charge is 2.16. The van der Waals surface area contributed by atoms with Crippen molar-refractivity contribution in [3.05, 3.63) is 136 Å². The van der Waals surface area contributed by atoms with E-state index in [1.165, 1.54) is 0 Å². The topological polar surface area (TPSA) is 29.0 Å². The minimum atomic E-state index is 0.871. The first-order valence-electron chi connectivity index (χ1n) is 11.9. The monoisotopic (exact) mass is 605 g/mol. The molecule has 0 aliphatic heterocycles. The number of para-hydroxylation sites is 2. The predicted octanol–water partition coefficient (Wildman–Crippen LogP) is 9.96. The van der Waals surface area contributed by atoms with Gasteiger partial charge in [-0.05, 0) is 72.8 Å². The van der Waals surface area contributed by atoms with Crippen molar-refractivity contribution in [3.63, 3.8) is 0 Å². The lowest BCUT2D eigenvalue weighted by Crippen LogP contribution is -2.09. The van der Waals surface area contributed by atoms with Crippen molar-refractivity contribution >= 4 is 60.0 Å². The molecule has 0 amide bonds. The fourth-order valence-corrected chi connectivity index (χ4v) is 4.92. The molecule has 178 valence electrons.